The molecule has 104 valence electrons. The van der Waals surface area contributed by atoms with Gasteiger partial charge in [-0.05, 0) is 18.4 Å². The van der Waals surface area contributed by atoms with Gasteiger partial charge in [-0.2, -0.15) is 24.4 Å². The second-order valence-corrected chi connectivity index (χ2v) is 4.20. The molecule has 6 nitrogen and oxygen atoms in total. The van der Waals surface area contributed by atoms with Gasteiger partial charge in [0.25, 0.3) is 0 Å². The van der Waals surface area contributed by atoms with Gasteiger partial charge in [-0.3, -0.25) is 9.59 Å². The Morgan fingerprint density at radius 3 is 1.82 bits per heavy atom. The first kappa shape index (κ1) is 22.1. The minimum absolute atomic E-state index is 0. The van der Waals surface area contributed by atoms with Crippen molar-refractivity contribution in [1.29, 1.82) is 0 Å². The maximum atomic E-state index is 10.1. The first-order valence-corrected chi connectivity index (χ1v) is 6.46. The van der Waals surface area contributed by atoms with E-state index in [0.717, 1.165) is 5.75 Å². The normalized spacial score (nSPS) is 12.5. The Morgan fingerprint density at radius 1 is 1.24 bits per heavy atom. The van der Waals surface area contributed by atoms with Gasteiger partial charge in [-0.1, -0.05) is 0 Å². The van der Waals surface area contributed by atoms with Crippen molar-refractivity contribution >= 4 is 48.7 Å². The van der Waals surface area contributed by atoms with Crippen LogP contribution in [0.1, 0.15) is 6.42 Å². The third kappa shape index (κ3) is 15.9. The number of nitrogens with two attached hydrogens (primary N) is 2. The molecule has 0 heterocycles. The van der Waals surface area contributed by atoms with Crippen molar-refractivity contribution in [1.82, 2.24) is 0 Å². The Labute approximate surface area is 116 Å². The molecule has 0 aliphatic rings. The summed E-state index contributed by atoms with van der Waals surface area (Å²) in [4.78, 5) is 19.8. The second kappa shape index (κ2) is 13.9. The molecule has 9 heteroatoms. The van der Waals surface area contributed by atoms with Crippen LogP contribution in [0.5, 0.6) is 0 Å². The third-order valence-electron chi connectivity index (χ3n) is 1.46. The van der Waals surface area contributed by atoms with Crippen LogP contribution >= 0.6 is 36.8 Å². The number of thioether (sulfide) groups is 1. The summed E-state index contributed by atoms with van der Waals surface area (Å²) in [6.07, 6.45) is 2.48. The fourth-order valence-corrected chi connectivity index (χ4v) is 1.09. The van der Waals surface area contributed by atoms with Crippen molar-refractivity contribution in [3.05, 3.63) is 0 Å². The molecule has 0 aromatic rings. The highest BCUT2D eigenvalue weighted by Gasteiger charge is 2.09. The predicted octanol–water partition coefficient (Wildman–Crippen LogP) is -0.0987. The minimum atomic E-state index is -1.00. The van der Waals surface area contributed by atoms with E-state index in [-0.39, 0.29) is 18.2 Å². The molecule has 0 spiro atoms. The quantitative estimate of drug-likeness (QED) is 0.434. The molecular formula is C8H19ClN2O4S2. The molecule has 0 fully saturated rings. The Bertz CT molecular complexity index is 222. The summed E-state index contributed by atoms with van der Waals surface area (Å²) in [5, 5.41) is 16.3. The number of aliphatic carboxylic acids is 2. The van der Waals surface area contributed by atoms with Crippen LogP contribution in [-0.2, 0) is 9.59 Å². The number of hydrogen-bond acceptors (Lipinski definition) is 6. The maximum absolute atomic E-state index is 10.1. The van der Waals surface area contributed by atoms with E-state index in [1.165, 1.54) is 0 Å². The van der Waals surface area contributed by atoms with Gasteiger partial charge in [0.05, 0.1) is 0 Å². The van der Waals surface area contributed by atoms with Gasteiger partial charge in [-0.25, -0.2) is 0 Å². The van der Waals surface area contributed by atoms with Crippen molar-refractivity contribution in [2.75, 3.05) is 17.8 Å². The highest BCUT2D eigenvalue weighted by atomic mass is 35.5. The molecule has 0 amide bonds. The van der Waals surface area contributed by atoms with Gasteiger partial charge in [-0.15, -0.1) is 12.4 Å². The van der Waals surface area contributed by atoms with Crippen molar-refractivity contribution in [2.45, 2.75) is 18.5 Å². The van der Waals surface area contributed by atoms with Crippen molar-refractivity contribution in [3.8, 4) is 0 Å². The largest absolute Gasteiger partial charge is 0.480 e. The smallest absolute Gasteiger partial charge is 0.321 e. The second-order valence-electron chi connectivity index (χ2n) is 2.85. The Hall–Kier alpha value is -0.150. The highest BCUT2D eigenvalue weighted by Crippen LogP contribution is 1.97. The number of halogens is 1. The van der Waals surface area contributed by atoms with Gasteiger partial charge in [0.1, 0.15) is 12.1 Å². The fraction of sp³-hybridized carbons (Fsp3) is 0.750. The van der Waals surface area contributed by atoms with E-state index in [0.29, 0.717) is 6.42 Å². The lowest BCUT2D eigenvalue weighted by molar-refractivity contribution is -0.139. The number of hydrogen-bond donors (Lipinski definition) is 5. The third-order valence-corrected chi connectivity index (χ3v) is 2.50. The molecule has 0 aromatic carbocycles. The van der Waals surface area contributed by atoms with E-state index >= 15 is 0 Å². The van der Waals surface area contributed by atoms with Crippen LogP contribution in [-0.4, -0.2) is 52.0 Å². The average molecular weight is 307 g/mol. The van der Waals surface area contributed by atoms with Crippen LogP contribution in [0.3, 0.4) is 0 Å². The molecule has 0 radical (unpaired) electrons. The zero-order chi connectivity index (χ0) is 13.1. The summed E-state index contributed by atoms with van der Waals surface area (Å²) in [5.74, 6) is -0.915. The van der Waals surface area contributed by atoms with E-state index in [1.54, 1.807) is 11.8 Å². The van der Waals surface area contributed by atoms with Crippen LogP contribution in [0, 0.1) is 0 Å². The van der Waals surface area contributed by atoms with E-state index in [4.69, 9.17) is 21.7 Å². The zero-order valence-corrected chi connectivity index (χ0v) is 11.9. The number of carboxylic acid groups (broad SMARTS) is 2. The molecule has 0 aromatic heterocycles. The summed E-state index contributed by atoms with van der Waals surface area (Å²) >= 11 is 5.25. The predicted molar refractivity (Wildman–Crippen MR) is 75.3 cm³/mol. The van der Waals surface area contributed by atoms with E-state index < -0.39 is 24.0 Å². The topological polar surface area (TPSA) is 127 Å². The molecule has 2 atom stereocenters. The number of rotatable bonds is 6. The summed E-state index contributed by atoms with van der Waals surface area (Å²) in [6, 6.07) is -1.50. The van der Waals surface area contributed by atoms with Crippen LogP contribution in [0.25, 0.3) is 0 Å². The van der Waals surface area contributed by atoms with E-state index in [2.05, 4.69) is 12.6 Å². The van der Waals surface area contributed by atoms with Crippen LogP contribution in [0.4, 0.5) is 0 Å². The van der Waals surface area contributed by atoms with Crippen molar-refractivity contribution in [2.24, 2.45) is 11.5 Å². The standard InChI is InChI=1S/C5H11NO2S.C3H7NO2S.ClH/c1-9-3-2-4(6)5(7)8;4-2(1-7)3(5)6;/h4H,2-3,6H2,1H3,(H,7,8);2,7H,1,4H2,(H,5,6);1H/t4-;2-;/m00./s1. The van der Waals surface area contributed by atoms with Crippen molar-refractivity contribution in [3.63, 3.8) is 0 Å². The van der Waals surface area contributed by atoms with Crippen LogP contribution in [0.2, 0.25) is 0 Å². The van der Waals surface area contributed by atoms with Gasteiger partial charge >= 0.3 is 11.9 Å². The summed E-state index contributed by atoms with van der Waals surface area (Å²) < 4.78 is 0. The molecule has 0 rings (SSSR count). The molecule has 17 heavy (non-hydrogen) atoms. The summed E-state index contributed by atoms with van der Waals surface area (Å²) in [5.41, 5.74) is 10.1. The molecule has 0 saturated heterocycles. The Morgan fingerprint density at radius 2 is 1.65 bits per heavy atom. The molecule has 0 unspecified atom stereocenters. The summed E-state index contributed by atoms with van der Waals surface area (Å²) in [6.45, 7) is 0. The molecule has 0 aliphatic heterocycles. The Kier molecular flexibility index (Phi) is 18.1. The van der Waals surface area contributed by atoms with Gasteiger partial charge < -0.3 is 21.7 Å². The molecule has 0 bridgehead atoms. The molecule has 0 saturated carbocycles. The zero-order valence-electron chi connectivity index (χ0n) is 9.41. The number of thiol groups is 1. The van der Waals surface area contributed by atoms with E-state index in [9.17, 15) is 9.59 Å². The lowest BCUT2D eigenvalue weighted by Crippen LogP contribution is -2.31. The number of carboxylic acids is 2. The molecule has 6 N–H and O–H groups in total. The summed E-state index contributed by atoms with van der Waals surface area (Å²) in [7, 11) is 0. The van der Waals surface area contributed by atoms with Gasteiger partial charge in [0.15, 0.2) is 0 Å². The van der Waals surface area contributed by atoms with E-state index in [1.807, 2.05) is 6.26 Å². The van der Waals surface area contributed by atoms with Gasteiger partial charge in [0.2, 0.25) is 0 Å². The minimum Gasteiger partial charge on any atom is -0.480 e. The Balaban J connectivity index is -0.000000224. The van der Waals surface area contributed by atoms with Crippen molar-refractivity contribution < 1.29 is 19.8 Å². The monoisotopic (exact) mass is 306 g/mol. The molecular weight excluding hydrogens is 288 g/mol. The SMILES string of the molecule is CSCC[C@H](N)C(=O)O.Cl.N[C@@H](CS)C(=O)O. The molecule has 0 aliphatic carbocycles. The number of carbonyl (C=O) groups is 2. The average Bonchev–Trinajstić information content (AvgIpc) is 2.25. The highest BCUT2D eigenvalue weighted by molar-refractivity contribution is 7.98. The van der Waals surface area contributed by atoms with Crippen LogP contribution < -0.4 is 11.5 Å². The first-order chi connectivity index (χ1) is 7.36. The van der Waals surface area contributed by atoms with Gasteiger partial charge in [0, 0.05) is 5.75 Å². The lowest BCUT2D eigenvalue weighted by Gasteiger charge is -2.02. The maximum Gasteiger partial charge on any atom is 0.321 e. The fourth-order valence-electron chi connectivity index (χ4n) is 0.446. The van der Waals surface area contributed by atoms with Crippen LogP contribution in [0.15, 0.2) is 0 Å². The first-order valence-electron chi connectivity index (χ1n) is 4.43. The lowest BCUT2D eigenvalue weighted by atomic mass is 10.2.